The Hall–Kier alpha value is -0.990. The molecule has 54 valence electrons. The zero-order valence-electron chi connectivity index (χ0n) is 5.45. The Morgan fingerprint density at radius 3 is 2.20 bits per heavy atom. The Labute approximate surface area is 58.6 Å². The third-order valence-corrected chi connectivity index (χ3v) is 1.81. The van der Waals surface area contributed by atoms with Crippen LogP contribution in [0.2, 0.25) is 0 Å². The van der Waals surface area contributed by atoms with Crippen LogP contribution < -0.4 is 0 Å². The van der Waals surface area contributed by atoms with Gasteiger partial charge in [0.05, 0.1) is 0 Å². The molecular weight excluding hydrogens is 132 g/mol. The van der Waals surface area contributed by atoms with Crippen LogP contribution in [-0.4, -0.2) is 18.4 Å². The normalized spacial score (nSPS) is 36.6. The van der Waals surface area contributed by atoms with Gasteiger partial charge in [-0.05, 0) is 0 Å². The topological polar surface area (TPSA) is 35.5 Å². The fraction of sp³-hybridized carbons (Fsp3) is 0.571. The molecule has 0 aromatic heterocycles. The van der Waals surface area contributed by atoms with Crippen LogP contribution in [0.4, 0.5) is 4.79 Å². The van der Waals surface area contributed by atoms with Crippen LogP contribution in [0.3, 0.4) is 0 Å². The molecule has 2 rings (SSSR count). The van der Waals surface area contributed by atoms with Gasteiger partial charge in [0.15, 0.2) is 0 Å². The summed E-state index contributed by atoms with van der Waals surface area (Å²) in [5.74, 6) is 0. The molecule has 1 aliphatic carbocycles. The van der Waals surface area contributed by atoms with Crippen LogP contribution in [0.5, 0.6) is 0 Å². The van der Waals surface area contributed by atoms with E-state index in [4.69, 9.17) is 9.47 Å². The molecule has 0 bridgehead atoms. The van der Waals surface area contributed by atoms with Crippen molar-refractivity contribution in [1.82, 2.24) is 0 Å². The highest BCUT2D eigenvalue weighted by Gasteiger charge is 2.36. The first-order valence-corrected chi connectivity index (χ1v) is 3.38. The lowest BCUT2D eigenvalue weighted by molar-refractivity contribution is 0.117. The van der Waals surface area contributed by atoms with Gasteiger partial charge in [0.25, 0.3) is 0 Å². The molecule has 0 saturated carbocycles. The van der Waals surface area contributed by atoms with Gasteiger partial charge in [-0.1, -0.05) is 12.2 Å². The second-order valence-electron chi connectivity index (χ2n) is 2.51. The van der Waals surface area contributed by atoms with Crippen molar-refractivity contribution in [2.45, 2.75) is 25.0 Å². The Kier molecular flexibility index (Phi) is 1.16. The lowest BCUT2D eigenvalue weighted by Crippen LogP contribution is -2.23. The minimum absolute atomic E-state index is 0.0162. The summed E-state index contributed by atoms with van der Waals surface area (Å²) in [6, 6.07) is 0. The van der Waals surface area contributed by atoms with Crippen LogP contribution in [0.25, 0.3) is 0 Å². The summed E-state index contributed by atoms with van der Waals surface area (Å²) in [4.78, 5) is 10.5. The third kappa shape index (κ3) is 0.781. The van der Waals surface area contributed by atoms with Crippen LogP contribution in [0.1, 0.15) is 12.8 Å². The lowest BCUT2D eigenvalue weighted by atomic mass is 10.0. The smallest absolute Gasteiger partial charge is 0.427 e. The van der Waals surface area contributed by atoms with Gasteiger partial charge in [0.2, 0.25) is 0 Å². The van der Waals surface area contributed by atoms with Gasteiger partial charge >= 0.3 is 6.16 Å². The molecule has 1 aliphatic heterocycles. The second kappa shape index (κ2) is 2.01. The molecule has 3 heteroatoms. The number of fused-ring (bicyclic) bond motifs is 1. The predicted octanol–water partition coefficient (Wildman–Crippen LogP) is 1.24. The molecule has 0 spiro atoms. The predicted molar refractivity (Wildman–Crippen MR) is 33.5 cm³/mol. The molecule has 0 N–H and O–H groups in total. The summed E-state index contributed by atoms with van der Waals surface area (Å²) in [6.07, 6.45) is 5.09. The van der Waals surface area contributed by atoms with Crippen molar-refractivity contribution in [3.63, 3.8) is 0 Å². The number of ether oxygens (including phenoxy) is 2. The monoisotopic (exact) mass is 140 g/mol. The molecule has 10 heavy (non-hydrogen) atoms. The van der Waals surface area contributed by atoms with Gasteiger partial charge in [0.1, 0.15) is 12.2 Å². The van der Waals surface area contributed by atoms with E-state index in [1.54, 1.807) is 0 Å². The Morgan fingerprint density at radius 1 is 1.20 bits per heavy atom. The van der Waals surface area contributed by atoms with Crippen molar-refractivity contribution in [3.05, 3.63) is 12.2 Å². The van der Waals surface area contributed by atoms with Crippen molar-refractivity contribution in [2.24, 2.45) is 0 Å². The van der Waals surface area contributed by atoms with Gasteiger partial charge in [-0.3, -0.25) is 0 Å². The largest absolute Gasteiger partial charge is 0.509 e. The summed E-state index contributed by atoms with van der Waals surface area (Å²) in [5, 5.41) is 0. The molecular formula is C7H8O3. The number of hydrogen-bond donors (Lipinski definition) is 0. The molecule has 1 heterocycles. The van der Waals surface area contributed by atoms with Gasteiger partial charge in [-0.25, -0.2) is 4.79 Å². The van der Waals surface area contributed by atoms with Crippen LogP contribution in [-0.2, 0) is 9.47 Å². The highest BCUT2D eigenvalue weighted by atomic mass is 16.8. The van der Waals surface area contributed by atoms with Gasteiger partial charge in [-0.2, -0.15) is 0 Å². The van der Waals surface area contributed by atoms with Crippen LogP contribution in [0, 0.1) is 0 Å². The third-order valence-electron chi connectivity index (χ3n) is 1.81. The van der Waals surface area contributed by atoms with E-state index in [0.717, 1.165) is 12.8 Å². The fourth-order valence-corrected chi connectivity index (χ4v) is 1.29. The van der Waals surface area contributed by atoms with Crippen molar-refractivity contribution in [2.75, 3.05) is 0 Å². The van der Waals surface area contributed by atoms with E-state index in [-0.39, 0.29) is 12.2 Å². The highest BCUT2D eigenvalue weighted by Crippen LogP contribution is 2.24. The van der Waals surface area contributed by atoms with E-state index in [9.17, 15) is 4.79 Å². The molecule has 1 saturated heterocycles. The SMILES string of the molecule is O=C1OC2CC=CC[C@H]2O1. The van der Waals surface area contributed by atoms with Crippen molar-refractivity contribution in [3.8, 4) is 0 Å². The molecule has 1 fully saturated rings. The van der Waals surface area contributed by atoms with E-state index >= 15 is 0 Å². The Balaban J connectivity index is 2.11. The molecule has 0 aromatic rings. The van der Waals surface area contributed by atoms with Gasteiger partial charge in [0, 0.05) is 12.8 Å². The standard InChI is InChI=1S/C7H8O3/c8-7-9-5-3-1-2-4-6(5)10-7/h1-2,5-6H,3-4H2/t5-,6?/m1/s1. The van der Waals surface area contributed by atoms with E-state index in [0.29, 0.717) is 0 Å². The first kappa shape index (κ1) is 5.77. The van der Waals surface area contributed by atoms with Crippen molar-refractivity contribution in [1.29, 1.82) is 0 Å². The maximum atomic E-state index is 10.5. The fourth-order valence-electron chi connectivity index (χ4n) is 1.29. The van der Waals surface area contributed by atoms with Crippen LogP contribution >= 0.6 is 0 Å². The summed E-state index contributed by atoms with van der Waals surface area (Å²) in [6.45, 7) is 0. The quantitative estimate of drug-likeness (QED) is 0.375. The summed E-state index contributed by atoms with van der Waals surface area (Å²) in [7, 11) is 0. The molecule has 2 aliphatic rings. The molecule has 3 nitrogen and oxygen atoms in total. The van der Waals surface area contributed by atoms with E-state index < -0.39 is 6.16 Å². The minimum Gasteiger partial charge on any atom is -0.427 e. The number of hydrogen-bond acceptors (Lipinski definition) is 3. The molecule has 0 amide bonds. The maximum absolute atomic E-state index is 10.5. The first-order valence-electron chi connectivity index (χ1n) is 3.38. The van der Waals surface area contributed by atoms with Crippen molar-refractivity contribution >= 4 is 6.16 Å². The Bertz CT molecular complexity index is 167. The molecule has 2 atom stereocenters. The van der Waals surface area contributed by atoms with E-state index in [1.807, 2.05) is 12.2 Å². The molecule has 0 radical (unpaired) electrons. The average Bonchev–Trinajstić information content (AvgIpc) is 2.27. The molecule has 0 aromatic carbocycles. The number of carbonyl (C=O) groups excluding carboxylic acids is 1. The highest BCUT2D eigenvalue weighted by molar-refractivity contribution is 5.62. The number of rotatable bonds is 0. The second-order valence-corrected chi connectivity index (χ2v) is 2.51. The molecule has 1 unspecified atom stereocenters. The summed E-state index contributed by atoms with van der Waals surface area (Å²) < 4.78 is 9.71. The van der Waals surface area contributed by atoms with E-state index in [1.165, 1.54) is 0 Å². The first-order chi connectivity index (χ1) is 4.86. The number of carbonyl (C=O) groups is 1. The van der Waals surface area contributed by atoms with Crippen LogP contribution in [0.15, 0.2) is 12.2 Å². The van der Waals surface area contributed by atoms with E-state index in [2.05, 4.69) is 0 Å². The minimum atomic E-state index is -0.515. The zero-order valence-corrected chi connectivity index (χ0v) is 5.45. The lowest BCUT2D eigenvalue weighted by Gasteiger charge is -2.14. The summed E-state index contributed by atoms with van der Waals surface area (Å²) in [5.41, 5.74) is 0. The maximum Gasteiger partial charge on any atom is 0.509 e. The average molecular weight is 140 g/mol. The van der Waals surface area contributed by atoms with Gasteiger partial charge in [-0.15, -0.1) is 0 Å². The van der Waals surface area contributed by atoms with Crippen molar-refractivity contribution < 1.29 is 14.3 Å². The Morgan fingerprint density at radius 2 is 1.70 bits per heavy atom. The van der Waals surface area contributed by atoms with Gasteiger partial charge < -0.3 is 9.47 Å². The summed E-state index contributed by atoms with van der Waals surface area (Å²) >= 11 is 0. The zero-order chi connectivity index (χ0) is 6.97.